The fourth-order valence-corrected chi connectivity index (χ4v) is 2.42. The molecule has 1 saturated heterocycles. The first kappa shape index (κ1) is 16.8. The van der Waals surface area contributed by atoms with Gasteiger partial charge in [-0.25, -0.2) is 4.79 Å². The Labute approximate surface area is 121 Å². The van der Waals surface area contributed by atoms with Crippen LogP contribution in [0.5, 0.6) is 0 Å². The Kier molecular flexibility index (Phi) is 5.39. The van der Waals surface area contributed by atoms with E-state index >= 15 is 0 Å². The van der Waals surface area contributed by atoms with Gasteiger partial charge in [-0.05, 0) is 41.0 Å². The number of carbonyl (C=O) groups excluding carboxylic acids is 2. The fourth-order valence-electron chi connectivity index (χ4n) is 2.42. The van der Waals surface area contributed by atoms with Crippen molar-refractivity contribution in [1.29, 1.82) is 0 Å². The van der Waals surface area contributed by atoms with Gasteiger partial charge in [0, 0.05) is 19.1 Å². The second-order valence-corrected chi connectivity index (χ2v) is 6.47. The summed E-state index contributed by atoms with van der Waals surface area (Å²) in [5.41, 5.74) is 4.86. The third-order valence-electron chi connectivity index (χ3n) is 3.24. The average Bonchev–Trinajstić information content (AvgIpc) is 2.74. The minimum atomic E-state index is -0.518. The molecule has 0 radical (unpaired) electrons. The number of hydrogen-bond donors (Lipinski definition) is 1. The van der Waals surface area contributed by atoms with Crippen LogP contribution in [0.3, 0.4) is 0 Å². The van der Waals surface area contributed by atoms with Gasteiger partial charge in [0.05, 0.1) is 12.6 Å². The molecule has 0 saturated carbocycles. The summed E-state index contributed by atoms with van der Waals surface area (Å²) in [5, 5.41) is 0. The van der Waals surface area contributed by atoms with Crippen molar-refractivity contribution < 1.29 is 14.3 Å². The van der Waals surface area contributed by atoms with Crippen LogP contribution in [0.25, 0.3) is 0 Å². The Bertz CT molecular complexity index is 363. The summed E-state index contributed by atoms with van der Waals surface area (Å²) in [7, 11) is 0. The van der Waals surface area contributed by atoms with Crippen molar-refractivity contribution >= 4 is 12.0 Å². The van der Waals surface area contributed by atoms with Gasteiger partial charge in [0.15, 0.2) is 0 Å². The van der Waals surface area contributed by atoms with Crippen molar-refractivity contribution in [3.63, 3.8) is 0 Å². The fraction of sp³-hybridized carbons (Fsp3) is 0.857. The molecule has 6 nitrogen and oxygen atoms in total. The second-order valence-electron chi connectivity index (χ2n) is 6.47. The molecule has 0 aromatic heterocycles. The number of hydrogen-bond acceptors (Lipinski definition) is 4. The van der Waals surface area contributed by atoms with Gasteiger partial charge < -0.3 is 20.3 Å². The van der Waals surface area contributed by atoms with E-state index in [1.807, 2.05) is 34.6 Å². The maximum atomic E-state index is 12.3. The van der Waals surface area contributed by atoms with E-state index in [1.54, 1.807) is 9.80 Å². The summed E-state index contributed by atoms with van der Waals surface area (Å²) in [5.74, 6) is -0.0691. The highest BCUT2D eigenvalue weighted by Gasteiger charge is 2.35. The average molecular weight is 285 g/mol. The minimum Gasteiger partial charge on any atom is -0.444 e. The topological polar surface area (TPSA) is 75.9 Å². The predicted octanol–water partition coefficient (Wildman–Crippen LogP) is 1.19. The van der Waals surface area contributed by atoms with Crippen LogP contribution >= 0.6 is 0 Å². The molecule has 1 fully saturated rings. The quantitative estimate of drug-likeness (QED) is 0.845. The van der Waals surface area contributed by atoms with Crippen LogP contribution in [0.15, 0.2) is 0 Å². The standard InChI is InChI=1S/C14H27N3O3/c1-10(2)17(13(19)20-14(3,4)5)11-6-7-16(9-11)12(18)8-15/h10-11H,6-9,15H2,1-5H3/t11-/m0/s1. The molecule has 2 N–H and O–H groups in total. The number of nitrogens with two attached hydrogens (primary N) is 1. The zero-order valence-corrected chi connectivity index (χ0v) is 13.2. The van der Waals surface area contributed by atoms with Crippen molar-refractivity contribution in [2.75, 3.05) is 19.6 Å². The van der Waals surface area contributed by atoms with Crippen molar-refractivity contribution in [3.8, 4) is 0 Å². The number of carbonyl (C=O) groups is 2. The molecule has 0 bridgehead atoms. The number of nitrogens with zero attached hydrogens (tertiary/aromatic N) is 2. The van der Waals surface area contributed by atoms with E-state index in [0.717, 1.165) is 6.42 Å². The van der Waals surface area contributed by atoms with Crippen LogP contribution in [0.2, 0.25) is 0 Å². The normalized spacial score (nSPS) is 19.4. The van der Waals surface area contributed by atoms with Gasteiger partial charge in [0.25, 0.3) is 0 Å². The highest BCUT2D eigenvalue weighted by molar-refractivity contribution is 5.78. The molecule has 20 heavy (non-hydrogen) atoms. The van der Waals surface area contributed by atoms with Gasteiger partial charge in [-0.15, -0.1) is 0 Å². The summed E-state index contributed by atoms with van der Waals surface area (Å²) in [6.07, 6.45) is 0.447. The first-order chi connectivity index (χ1) is 9.15. The predicted molar refractivity (Wildman–Crippen MR) is 77.2 cm³/mol. The first-order valence-electron chi connectivity index (χ1n) is 7.15. The highest BCUT2D eigenvalue weighted by atomic mass is 16.6. The maximum absolute atomic E-state index is 12.3. The van der Waals surface area contributed by atoms with Gasteiger partial charge >= 0.3 is 6.09 Å². The van der Waals surface area contributed by atoms with Crippen LogP contribution in [-0.4, -0.2) is 59.1 Å². The SMILES string of the molecule is CC(C)N(C(=O)OC(C)(C)C)[C@H]1CCN(C(=O)CN)C1. The van der Waals surface area contributed by atoms with Crippen molar-refractivity contribution in [1.82, 2.24) is 9.80 Å². The Morgan fingerprint density at radius 3 is 2.45 bits per heavy atom. The van der Waals surface area contributed by atoms with Crippen LogP contribution in [-0.2, 0) is 9.53 Å². The van der Waals surface area contributed by atoms with Gasteiger partial charge in [-0.1, -0.05) is 0 Å². The number of amides is 2. The number of likely N-dealkylation sites (tertiary alicyclic amines) is 1. The molecule has 1 aliphatic rings. The zero-order valence-electron chi connectivity index (χ0n) is 13.2. The largest absolute Gasteiger partial charge is 0.444 e. The molecule has 0 aromatic carbocycles. The molecule has 0 aromatic rings. The number of ether oxygens (including phenoxy) is 1. The van der Waals surface area contributed by atoms with E-state index in [-0.39, 0.29) is 30.6 Å². The van der Waals surface area contributed by atoms with Crippen molar-refractivity contribution in [3.05, 3.63) is 0 Å². The molecule has 6 heteroatoms. The summed E-state index contributed by atoms with van der Waals surface area (Å²) in [4.78, 5) is 27.4. The molecular formula is C14H27N3O3. The van der Waals surface area contributed by atoms with Crippen LogP contribution in [0, 0.1) is 0 Å². The smallest absolute Gasteiger partial charge is 0.410 e. The third kappa shape index (κ3) is 4.37. The third-order valence-corrected chi connectivity index (χ3v) is 3.24. The van der Waals surface area contributed by atoms with Gasteiger partial charge in [-0.2, -0.15) is 0 Å². The molecule has 0 spiro atoms. The second kappa shape index (κ2) is 6.43. The van der Waals surface area contributed by atoms with Gasteiger partial charge in [-0.3, -0.25) is 4.79 Å². The van der Waals surface area contributed by atoms with E-state index in [4.69, 9.17) is 10.5 Å². The lowest BCUT2D eigenvalue weighted by atomic mass is 10.1. The van der Waals surface area contributed by atoms with Gasteiger partial charge in [0.1, 0.15) is 5.60 Å². The van der Waals surface area contributed by atoms with E-state index in [2.05, 4.69) is 0 Å². The zero-order chi connectivity index (χ0) is 15.5. The molecular weight excluding hydrogens is 258 g/mol. The van der Waals surface area contributed by atoms with E-state index < -0.39 is 5.60 Å². The maximum Gasteiger partial charge on any atom is 0.410 e. The minimum absolute atomic E-state index is 0.000324. The lowest BCUT2D eigenvalue weighted by molar-refractivity contribution is -0.128. The Morgan fingerprint density at radius 1 is 1.40 bits per heavy atom. The first-order valence-corrected chi connectivity index (χ1v) is 7.15. The monoisotopic (exact) mass is 285 g/mol. The molecule has 0 aliphatic carbocycles. The lowest BCUT2D eigenvalue weighted by Crippen LogP contribution is -2.48. The Hall–Kier alpha value is -1.30. The van der Waals surface area contributed by atoms with E-state index in [1.165, 1.54) is 0 Å². The van der Waals surface area contributed by atoms with E-state index in [0.29, 0.717) is 13.1 Å². The highest BCUT2D eigenvalue weighted by Crippen LogP contribution is 2.21. The Morgan fingerprint density at radius 2 is 2.00 bits per heavy atom. The van der Waals surface area contributed by atoms with Crippen LogP contribution in [0.1, 0.15) is 41.0 Å². The summed E-state index contributed by atoms with van der Waals surface area (Å²) in [6, 6.07) is 0.0307. The molecule has 1 atom stereocenters. The number of rotatable bonds is 3. The summed E-state index contributed by atoms with van der Waals surface area (Å²) >= 11 is 0. The van der Waals surface area contributed by atoms with Crippen LogP contribution in [0.4, 0.5) is 4.79 Å². The molecule has 0 unspecified atom stereocenters. The van der Waals surface area contributed by atoms with Gasteiger partial charge in [0.2, 0.25) is 5.91 Å². The van der Waals surface area contributed by atoms with Crippen LogP contribution < -0.4 is 5.73 Å². The Balaban J connectivity index is 2.73. The molecule has 116 valence electrons. The molecule has 1 heterocycles. The van der Waals surface area contributed by atoms with Crippen molar-refractivity contribution in [2.45, 2.75) is 58.7 Å². The molecule has 1 rings (SSSR count). The van der Waals surface area contributed by atoms with Crippen molar-refractivity contribution in [2.24, 2.45) is 5.73 Å². The molecule has 1 aliphatic heterocycles. The summed E-state index contributed by atoms with van der Waals surface area (Å²) in [6.45, 7) is 10.7. The van der Waals surface area contributed by atoms with E-state index in [9.17, 15) is 9.59 Å². The summed E-state index contributed by atoms with van der Waals surface area (Å²) < 4.78 is 5.45. The lowest BCUT2D eigenvalue weighted by Gasteiger charge is -2.34. The molecule has 2 amide bonds.